The highest BCUT2D eigenvalue weighted by Crippen LogP contribution is 2.29. The molecule has 28 heavy (non-hydrogen) atoms. The van der Waals surface area contributed by atoms with Gasteiger partial charge in [-0.25, -0.2) is 9.97 Å². The number of benzene rings is 1. The largest absolute Gasteiger partial charge is 0.353 e. The van der Waals surface area contributed by atoms with E-state index < -0.39 is 0 Å². The number of piperazine rings is 1. The second kappa shape index (κ2) is 7.44. The molecule has 1 saturated heterocycles. The van der Waals surface area contributed by atoms with Gasteiger partial charge in [-0.2, -0.15) is 4.37 Å². The molecule has 8 heteroatoms. The zero-order valence-electron chi connectivity index (χ0n) is 15.6. The van der Waals surface area contributed by atoms with Crippen LogP contribution in [0.5, 0.6) is 0 Å². The van der Waals surface area contributed by atoms with Gasteiger partial charge in [-0.3, -0.25) is 9.69 Å². The molecule has 4 heterocycles. The summed E-state index contributed by atoms with van der Waals surface area (Å²) >= 11 is 1.57. The Morgan fingerprint density at radius 1 is 1.04 bits per heavy atom. The maximum absolute atomic E-state index is 12.6. The van der Waals surface area contributed by atoms with E-state index >= 15 is 0 Å². The molecule has 1 aromatic carbocycles. The smallest absolute Gasteiger partial charge is 0.257 e. The molecule has 0 unspecified atom stereocenters. The van der Waals surface area contributed by atoms with Crippen molar-refractivity contribution in [3.8, 4) is 0 Å². The van der Waals surface area contributed by atoms with E-state index in [1.807, 2.05) is 4.90 Å². The number of hydrogen-bond acceptors (Lipinski definition) is 7. The van der Waals surface area contributed by atoms with E-state index in [9.17, 15) is 4.79 Å². The van der Waals surface area contributed by atoms with Crippen LogP contribution in [0.25, 0.3) is 10.1 Å². The zero-order chi connectivity index (χ0) is 18.9. The zero-order valence-corrected chi connectivity index (χ0v) is 16.4. The van der Waals surface area contributed by atoms with Crippen molar-refractivity contribution in [2.45, 2.75) is 6.42 Å². The standard InChI is InChI=1S/C20H22N6OS/c27-20-16-13-21-14-22-17(16)5-6-26(20)12-9-24-7-10-25(11-8-24)19-15-3-1-2-4-18(15)28-23-19/h1-4,13-14H,5-12H2. The Morgan fingerprint density at radius 3 is 2.79 bits per heavy atom. The van der Waals surface area contributed by atoms with Crippen LogP contribution in [0.15, 0.2) is 36.8 Å². The SMILES string of the molecule is O=C1c2cncnc2CCN1CCN1CCN(c2nsc3ccccc23)CC1. The Balaban J connectivity index is 1.17. The molecular formula is C20H22N6OS. The molecule has 0 atom stereocenters. The minimum absolute atomic E-state index is 0.0643. The number of hydrogen-bond donors (Lipinski definition) is 0. The molecule has 1 fully saturated rings. The summed E-state index contributed by atoms with van der Waals surface area (Å²) in [7, 11) is 0. The Kier molecular flexibility index (Phi) is 4.66. The third-order valence-corrected chi connectivity index (χ3v) is 6.46. The van der Waals surface area contributed by atoms with E-state index in [2.05, 4.69) is 48.4 Å². The van der Waals surface area contributed by atoms with Crippen molar-refractivity contribution in [3.05, 3.63) is 48.0 Å². The van der Waals surface area contributed by atoms with Gasteiger partial charge in [-0.1, -0.05) is 12.1 Å². The average Bonchev–Trinajstić information content (AvgIpc) is 3.18. The fourth-order valence-corrected chi connectivity index (χ4v) is 4.80. The topological polar surface area (TPSA) is 65.5 Å². The molecule has 144 valence electrons. The number of fused-ring (bicyclic) bond motifs is 2. The molecular weight excluding hydrogens is 372 g/mol. The normalized spacial score (nSPS) is 17.9. The molecule has 0 N–H and O–H groups in total. The van der Waals surface area contributed by atoms with E-state index in [1.54, 1.807) is 17.7 Å². The van der Waals surface area contributed by atoms with E-state index in [0.717, 1.165) is 63.7 Å². The van der Waals surface area contributed by atoms with Crippen molar-refractivity contribution in [1.29, 1.82) is 0 Å². The number of anilines is 1. The summed E-state index contributed by atoms with van der Waals surface area (Å²) in [5.74, 6) is 1.18. The molecule has 2 aromatic heterocycles. The van der Waals surface area contributed by atoms with Gasteiger partial charge >= 0.3 is 0 Å². The lowest BCUT2D eigenvalue weighted by molar-refractivity contribution is 0.0714. The quantitative estimate of drug-likeness (QED) is 0.674. The molecule has 2 aliphatic heterocycles. The maximum Gasteiger partial charge on any atom is 0.257 e. The lowest BCUT2D eigenvalue weighted by Crippen LogP contribution is -2.50. The van der Waals surface area contributed by atoms with Gasteiger partial charge in [0.25, 0.3) is 5.91 Å². The van der Waals surface area contributed by atoms with Gasteiger partial charge in [-0.05, 0) is 23.7 Å². The van der Waals surface area contributed by atoms with Gasteiger partial charge in [0.1, 0.15) is 12.1 Å². The number of amides is 1. The van der Waals surface area contributed by atoms with Crippen molar-refractivity contribution < 1.29 is 4.79 Å². The second-order valence-electron chi connectivity index (χ2n) is 7.26. The molecule has 0 spiro atoms. The van der Waals surface area contributed by atoms with Crippen LogP contribution in [-0.4, -0.2) is 75.9 Å². The van der Waals surface area contributed by atoms with Crippen LogP contribution >= 0.6 is 11.5 Å². The number of aromatic nitrogens is 3. The second-order valence-corrected chi connectivity index (χ2v) is 8.06. The highest BCUT2D eigenvalue weighted by Gasteiger charge is 2.26. The van der Waals surface area contributed by atoms with Gasteiger partial charge in [0.05, 0.1) is 16.0 Å². The molecule has 2 aliphatic rings. The maximum atomic E-state index is 12.6. The first kappa shape index (κ1) is 17.5. The van der Waals surface area contributed by atoms with Crippen molar-refractivity contribution in [2.75, 3.05) is 50.7 Å². The van der Waals surface area contributed by atoms with Crippen LogP contribution in [0.4, 0.5) is 5.82 Å². The van der Waals surface area contributed by atoms with E-state index in [0.29, 0.717) is 5.56 Å². The molecule has 0 saturated carbocycles. The van der Waals surface area contributed by atoms with E-state index in [-0.39, 0.29) is 5.91 Å². The lowest BCUT2D eigenvalue weighted by atomic mass is 10.1. The average molecular weight is 395 g/mol. The van der Waals surface area contributed by atoms with Crippen LogP contribution in [0.1, 0.15) is 16.1 Å². The Bertz CT molecular complexity index is 997. The van der Waals surface area contributed by atoms with E-state index in [1.165, 1.54) is 16.4 Å². The van der Waals surface area contributed by atoms with Crippen LogP contribution in [0, 0.1) is 0 Å². The van der Waals surface area contributed by atoms with Gasteiger partial charge in [0.15, 0.2) is 0 Å². The molecule has 0 bridgehead atoms. The first-order valence-corrected chi connectivity index (χ1v) is 10.5. The monoisotopic (exact) mass is 394 g/mol. The molecule has 0 aliphatic carbocycles. The van der Waals surface area contributed by atoms with Crippen molar-refractivity contribution in [1.82, 2.24) is 24.1 Å². The summed E-state index contributed by atoms with van der Waals surface area (Å²) in [6.45, 7) is 6.33. The van der Waals surface area contributed by atoms with Gasteiger partial charge in [0.2, 0.25) is 0 Å². The minimum atomic E-state index is 0.0643. The molecule has 7 nitrogen and oxygen atoms in total. The Labute approximate surface area is 167 Å². The van der Waals surface area contributed by atoms with Crippen molar-refractivity contribution in [3.63, 3.8) is 0 Å². The summed E-state index contributed by atoms with van der Waals surface area (Å²) in [5.41, 5.74) is 1.54. The van der Waals surface area contributed by atoms with Gasteiger partial charge < -0.3 is 9.80 Å². The van der Waals surface area contributed by atoms with Crippen LogP contribution in [0.2, 0.25) is 0 Å². The number of rotatable bonds is 4. The van der Waals surface area contributed by atoms with Crippen molar-refractivity contribution in [2.24, 2.45) is 0 Å². The molecule has 0 radical (unpaired) electrons. The van der Waals surface area contributed by atoms with Crippen molar-refractivity contribution >= 4 is 33.3 Å². The summed E-state index contributed by atoms with van der Waals surface area (Å²) < 4.78 is 5.92. The molecule has 3 aromatic rings. The predicted octanol–water partition coefficient (Wildman–Crippen LogP) is 1.91. The molecule has 5 rings (SSSR count). The Hall–Kier alpha value is -2.58. The van der Waals surface area contributed by atoms with Gasteiger partial charge in [-0.15, -0.1) is 0 Å². The van der Waals surface area contributed by atoms with Crippen LogP contribution < -0.4 is 4.90 Å². The summed E-state index contributed by atoms with van der Waals surface area (Å²) in [5, 5.41) is 1.25. The first-order valence-electron chi connectivity index (χ1n) is 9.69. The highest BCUT2D eigenvalue weighted by molar-refractivity contribution is 7.13. The minimum Gasteiger partial charge on any atom is -0.353 e. The summed E-state index contributed by atoms with van der Waals surface area (Å²) in [4.78, 5) is 27.6. The Morgan fingerprint density at radius 2 is 1.89 bits per heavy atom. The number of carbonyl (C=O) groups excluding carboxylic acids is 1. The van der Waals surface area contributed by atoms with E-state index in [4.69, 9.17) is 0 Å². The predicted molar refractivity (Wildman–Crippen MR) is 110 cm³/mol. The fourth-order valence-electron chi connectivity index (χ4n) is 4.00. The summed E-state index contributed by atoms with van der Waals surface area (Å²) in [6, 6.07) is 8.43. The lowest BCUT2D eigenvalue weighted by Gasteiger charge is -2.36. The first-order chi connectivity index (χ1) is 13.8. The van der Waals surface area contributed by atoms with Gasteiger partial charge in [0, 0.05) is 63.8 Å². The number of nitrogens with zero attached hydrogens (tertiary/aromatic N) is 6. The van der Waals surface area contributed by atoms with Crippen LogP contribution in [0.3, 0.4) is 0 Å². The molecule has 1 amide bonds. The third kappa shape index (κ3) is 3.22. The number of carbonyl (C=O) groups is 1. The van der Waals surface area contributed by atoms with Crippen LogP contribution in [-0.2, 0) is 6.42 Å². The fraction of sp³-hybridized carbons (Fsp3) is 0.400. The third-order valence-electron chi connectivity index (χ3n) is 5.65. The highest BCUT2D eigenvalue weighted by atomic mass is 32.1. The summed E-state index contributed by atoms with van der Waals surface area (Å²) in [6.07, 6.45) is 3.98.